The van der Waals surface area contributed by atoms with Gasteiger partial charge in [0.05, 0.1) is 36.0 Å². The first-order valence-corrected chi connectivity index (χ1v) is 16.4. The number of carbonyl (C=O) groups is 4. The summed E-state index contributed by atoms with van der Waals surface area (Å²) in [6.07, 6.45) is -5.12. The summed E-state index contributed by atoms with van der Waals surface area (Å²) < 4.78 is 29.6. The third-order valence-electron chi connectivity index (χ3n) is 9.80. The van der Waals surface area contributed by atoms with E-state index in [9.17, 15) is 39.6 Å². The summed E-state index contributed by atoms with van der Waals surface area (Å²) in [5.41, 5.74) is 2.52. The van der Waals surface area contributed by atoms with Gasteiger partial charge in [0.1, 0.15) is 40.8 Å². The van der Waals surface area contributed by atoms with E-state index >= 15 is 0 Å². The van der Waals surface area contributed by atoms with E-state index in [0.717, 1.165) is 12.8 Å². The van der Waals surface area contributed by atoms with Crippen LogP contribution < -0.4 is 10.5 Å². The average molecular weight is 684 g/mol. The third-order valence-corrected chi connectivity index (χ3v) is 9.80. The van der Waals surface area contributed by atoms with Gasteiger partial charge in [0.2, 0.25) is 5.78 Å². The van der Waals surface area contributed by atoms with Gasteiger partial charge in [-0.2, -0.15) is 0 Å². The summed E-state index contributed by atoms with van der Waals surface area (Å²) in [6, 6.07) is 3.75. The highest BCUT2D eigenvalue weighted by Crippen LogP contribution is 2.52. The lowest BCUT2D eigenvalue weighted by Gasteiger charge is -2.44. The molecular formula is C35H41NO13. The molecule has 264 valence electrons. The van der Waals surface area contributed by atoms with Gasteiger partial charge in [-0.1, -0.05) is 12.1 Å². The van der Waals surface area contributed by atoms with Crippen molar-refractivity contribution in [1.29, 1.82) is 0 Å². The zero-order valence-corrected chi connectivity index (χ0v) is 27.5. The Morgan fingerprint density at radius 3 is 2.45 bits per heavy atom. The van der Waals surface area contributed by atoms with E-state index in [1.807, 2.05) is 0 Å². The predicted octanol–water partition coefficient (Wildman–Crippen LogP) is 1.90. The Morgan fingerprint density at radius 2 is 1.80 bits per heavy atom. The van der Waals surface area contributed by atoms with Gasteiger partial charge in [-0.15, -0.1) is 0 Å². The summed E-state index contributed by atoms with van der Waals surface area (Å²) in [5, 5.41) is 45.8. The number of hydrogen-bond acceptors (Lipinski definition) is 14. The fraction of sp³-hybridized carbons (Fsp3) is 0.543. The molecule has 6 rings (SSSR count). The molecule has 4 aliphatic rings. The van der Waals surface area contributed by atoms with Crippen molar-refractivity contribution in [3.05, 3.63) is 51.6 Å². The molecule has 8 atom stereocenters. The van der Waals surface area contributed by atoms with Crippen molar-refractivity contribution in [1.82, 2.24) is 0 Å². The van der Waals surface area contributed by atoms with Crippen molar-refractivity contribution >= 4 is 23.1 Å². The van der Waals surface area contributed by atoms with Gasteiger partial charge in [-0.25, -0.2) is 0 Å². The Kier molecular flexibility index (Phi) is 9.67. The van der Waals surface area contributed by atoms with Gasteiger partial charge < -0.3 is 49.8 Å². The van der Waals surface area contributed by atoms with Crippen molar-refractivity contribution in [3.8, 4) is 17.2 Å². The number of aliphatic hydroxyl groups is 2. The number of carbonyl (C=O) groups excluding carboxylic acids is 4. The molecule has 49 heavy (non-hydrogen) atoms. The number of hydrogen-bond donors (Lipinski definition) is 5. The van der Waals surface area contributed by atoms with Gasteiger partial charge in [0.15, 0.2) is 24.1 Å². The number of fused-ring (bicyclic) bond motifs is 3. The summed E-state index contributed by atoms with van der Waals surface area (Å²) in [7, 11) is 1.32. The number of ether oxygens (including phenoxy) is 5. The first kappa shape index (κ1) is 35.1. The maximum Gasteiger partial charge on any atom is 0.202 e. The molecule has 2 aromatic rings. The molecule has 0 saturated carbocycles. The number of benzene rings is 2. The monoisotopic (exact) mass is 683 g/mol. The Balaban J connectivity index is 1.40. The van der Waals surface area contributed by atoms with Crippen molar-refractivity contribution in [3.63, 3.8) is 0 Å². The van der Waals surface area contributed by atoms with Crippen molar-refractivity contribution in [2.24, 2.45) is 5.73 Å². The smallest absolute Gasteiger partial charge is 0.202 e. The average Bonchev–Trinajstić information content (AvgIpc) is 3.06. The van der Waals surface area contributed by atoms with Crippen LogP contribution in [0, 0.1) is 0 Å². The number of Topliss-reactive ketones (excluding diaryl/α,β-unsaturated/α-hetero) is 2. The van der Waals surface area contributed by atoms with Gasteiger partial charge in [-0.3, -0.25) is 19.2 Å². The minimum atomic E-state index is -2.43. The molecular weight excluding hydrogens is 642 g/mol. The molecule has 0 radical (unpaired) electrons. The lowest BCUT2D eigenvalue weighted by atomic mass is 9.71. The second-order valence-electron chi connectivity index (χ2n) is 13.3. The summed E-state index contributed by atoms with van der Waals surface area (Å²) in [4.78, 5) is 53.0. The minimum Gasteiger partial charge on any atom is -0.507 e. The molecule has 14 nitrogen and oxygen atoms in total. The number of nitrogens with two attached hydrogens (primary N) is 1. The predicted molar refractivity (Wildman–Crippen MR) is 168 cm³/mol. The number of ketones is 4. The Bertz CT molecular complexity index is 1670. The third kappa shape index (κ3) is 6.27. The van der Waals surface area contributed by atoms with Crippen molar-refractivity contribution in [2.45, 2.75) is 107 Å². The van der Waals surface area contributed by atoms with E-state index < -0.39 is 114 Å². The van der Waals surface area contributed by atoms with E-state index in [1.165, 1.54) is 32.2 Å². The van der Waals surface area contributed by atoms with E-state index in [1.54, 1.807) is 6.92 Å². The molecule has 0 bridgehead atoms. The number of rotatable bonds is 9. The van der Waals surface area contributed by atoms with E-state index in [0.29, 0.717) is 13.0 Å². The Labute approximate surface area is 282 Å². The van der Waals surface area contributed by atoms with Crippen LogP contribution in [0.3, 0.4) is 0 Å². The molecule has 2 saturated heterocycles. The molecule has 14 heteroatoms. The van der Waals surface area contributed by atoms with Crippen LogP contribution in [-0.4, -0.2) is 99.8 Å². The first-order valence-electron chi connectivity index (χ1n) is 16.4. The maximum atomic E-state index is 13.9. The van der Waals surface area contributed by atoms with Crippen LogP contribution in [0.2, 0.25) is 0 Å². The van der Waals surface area contributed by atoms with Crippen LogP contribution in [-0.2, 0) is 35.0 Å². The molecule has 2 aliphatic heterocycles. The quantitative estimate of drug-likeness (QED) is 0.203. The van der Waals surface area contributed by atoms with Crippen LogP contribution in [0.15, 0.2) is 18.2 Å². The molecule has 1 unspecified atom stereocenters. The van der Waals surface area contributed by atoms with Gasteiger partial charge in [0.25, 0.3) is 0 Å². The van der Waals surface area contributed by atoms with Gasteiger partial charge in [-0.05, 0) is 39.2 Å². The summed E-state index contributed by atoms with van der Waals surface area (Å²) in [5.74, 6) is -4.56. The number of phenols is 2. The van der Waals surface area contributed by atoms with E-state index in [2.05, 4.69) is 0 Å². The zero-order chi connectivity index (χ0) is 35.4. The maximum absolute atomic E-state index is 13.9. The highest BCUT2D eigenvalue weighted by molar-refractivity contribution is 6.31. The summed E-state index contributed by atoms with van der Waals surface area (Å²) >= 11 is 0. The Hall–Kier alpha value is -3.76. The van der Waals surface area contributed by atoms with Gasteiger partial charge in [0, 0.05) is 55.0 Å². The molecule has 6 N–H and O–H groups in total. The first-order chi connectivity index (χ1) is 23.2. The van der Waals surface area contributed by atoms with Crippen LogP contribution >= 0.6 is 0 Å². The molecule has 0 amide bonds. The fourth-order valence-corrected chi connectivity index (χ4v) is 7.45. The molecule has 0 aromatic heterocycles. The van der Waals surface area contributed by atoms with Gasteiger partial charge >= 0.3 is 0 Å². The lowest BCUT2D eigenvalue weighted by Crippen LogP contribution is -2.55. The topological polar surface area (TPSA) is 221 Å². The number of aromatic hydroxyl groups is 2. The second-order valence-corrected chi connectivity index (χ2v) is 13.3. The van der Waals surface area contributed by atoms with Crippen molar-refractivity contribution in [2.75, 3.05) is 13.7 Å². The molecule has 2 aliphatic carbocycles. The molecule has 2 fully saturated rings. The Morgan fingerprint density at radius 1 is 1.06 bits per heavy atom. The number of aliphatic hydroxyl groups excluding tert-OH is 1. The second kappa shape index (κ2) is 13.5. The number of phenolic OH excluding ortho intramolecular Hbond substituents is 2. The van der Waals surface area contributed by atoms with Crippen molar-refractivity contribution < 1.29 is 63.3 Å². The van der Waals surface area contributed by atoms with Crippen LogP contribution in [0.1, 0.15) is 101 Å². The van der Waals surface area contributed by atoms with Crippen LogP contribution in [0.4, 0.5) is 0 Å². The van der Waals surface area contributed by atoms with Crippen LogP contribution in [0.5, 0.6) is 17.2 Å². The highest BCUT2D eigenvalue weighted by atomic mass is 16.7. The standard InChI is InChI=1S/C35H41NO13/c1-15(37)11-20(38)34(43)35(44)13-18-26(22(14-35)48-24-12-19(36)33(16(2)47-24)49-23-9-4-5-10-46-23)32(42)28-27(30(18)40)29(39)17-7-6-8-21(45-3)25(17)31(28)41/h6-8,16,19-20,22-24,33,38,40,42,44H,4-5,9-14,36H2,1-3H3/t16-,19-,20?,22-,23+,24-,33+,35-/m0/s1. The highest BCUT2D eigenvalue weighted by Gasteiger charge is 2.52. The minimum absolute atomic E-state index is 0.0760. The molecule has 2 heterocycles. The normalized spacial score (nSPS) is 30.2. The van der Waals surface area contributed by atoms with Crippen LogP contribution in [0.25, 0.3) is 0 Å². The number of methoxy groups -OCH3 is 1. The molecule has 2 aromatic carbocycles. The van der Waals surface area contributed by atoms with E-state index in [-0.39, 0.29) is 34.4 Å². The lowest BCUT2D eigenvalue weighted by molar-refractivity contribution is -0.281. The SMILES string of the molecule is COc1cccc2c1C(=O)c1c(O)c3c(c(O)c1C2=O)C[C@@](O)(C(=O)C(O)CC(C)=O)C[C@@H]3O[C@H]1C[C@H](N)[C@H](O[C@@H]2CCCCO2)[C@H](C)O1. The fourth-order valence-electron chi connectivity index (χ4n) is 7.45. The largest absolute Gasteiger partial charge is 0.507 e. The zero-order valence-electron chi connectivity index (χ0n) is 27.5. The van der Waals surface area contributed by atoms with E-state index in [4.69, 9.17) is 29.4 Å². The summed E-state index contributed by atoms with van der Waals surface area (Å²) in [6.45, 7) is 3.49. The molecule has 0 spiro atoms.